The Morgan fingerprint density at radius 3 is 2.50 bits per heavy atom. The second-order valence-corrected chi connectivity index (χ2v) is 4.31. The van der Waals surface area contributed by atoms with E-state index in [-0.39, 0.29) is 12.3 Å². The average molecular weight is 280 g/mol. The van der Waals surface area contributed by atoms with Crippen molar-refractivity contribution in [3.8, 4) is 0 Å². The predicted molar refractivity (Wildman–Crippen MR) is 66.0 cm³/mol. The van der Waals surface area contributed by atoms with Crippen molar-refractivity contribution in [3.63, 3.8) is 0 Å². The van der Waals surface area contributed by atoms with Gasteiger partial charge in [0.1, 0.15) is 12.6 Å². The Morgan fingerprint density at radius 2 is 2.05 bits per heavy atom. The van der Waals surface area contributed by atoms with Crippen molar-refractivity contribution < 1.29 is 24.4 Å². The van der Waals surface area contributed by atoms with E-state index in [4.69, 9.17) is 9.84 Å². The second-order valence-electron chi connectivity index (χ2n) is 4.31. The minimum absolute atomic E-state index is 0.0474. The molecular weight excluding hydrogens is 268 g/mol. The number of nitro groups is 1. The number of ether oxygens (including phenoxy) is 1. The summed E-state index contributed by atoms with van der Waals surface area (Å²) in [6.07, 6.45) is -0.274. The number of carboxylic acid groups (broad SMARTS) is 1. The van der Waals surface area contributed by atoms with Crippen molar-refractivity contribution in [2.24, 2.45) is 0 Å². The zero-order chi connectivity index (χ0) is 14.7. The molecule has 1 atom stereocenters. The van der Waals surface area contributed by atoms with Gasteiger partial charge in [0.05, 0.1) is 4.92 Å². The summed E-state index contributed by atoms with van der Waals surface area (Å²) in [5.74, 6) is -1.05. The summed E-state index contributed by atoms with van der Waals surface area (Å²) in [6.45, 7) is 0.301. The number of benzene rings is 1. The molecule has 106 valence electrons. The van der Waals surface area contributed by atoms with Gasteiger partial charge in [-0.05, 0) is 24.1 Å². The van der Waals surface area contributed by atoms with Gasteiger partial charge in [-0.3, -0.25) is 15.0 Å². The highest BCUT2D eigenvalue weighted by Gasteiger charge is 2.38. The lowest BCUT2D eigenvalue weighted by molar-refractivity contribution is -0.384. The van der Waals surface area contributed by atoms with Crippen LogP contribution in [0.4, 0.5) is 10.5 Å². The molecule has 0 spiro atoms. The summed E-state index contributed by atoms with van der Waals surface area (Å²) in [5.41, 5.74) is 0.546. The monoisotopic (exact) mass is 280 g/mol. The summed E-state index contributed by atoms with van der Waals surface area (Å²) in [6, 6.07) is 4.77. The molecule has 1 fully saturated rings. The molecule has 8 heteroatoms. The van der Waals surface area contributed by atoms with E-state index in [0.29, 0.717) is 18.5 Å². The van der Waals surface area contributed by atoms with Gasteiger partial charge in [0.2, 0.25) is 0 Å². The molecule has 1 N–H and O–H groups in total. The van der Waals surface area contributed by atoms with Crippen LogP contribution in [0.2, 0.25) is 0 Å². The number of amides is 1. The molecule has 1 aliphatic heterocycles. The highest BCUT2D eigenvalue weighted by Crippen LogP contribution is 2.19. The van der Waals surface area contributed by atoms with Crippen LogP contribution in [-0.4, -0.2) is 39.6 Å². The number of hydrogen-bond donors (Lipinski definition) is 1. The molecule has 2 rings (SSSR count). The summed E-state index contributed by atoms with van der Waals surface area (Å²) < 4.78 is 4.97. The third-order valence-corrected chi connectivity index (χ3v) is 3.05. The molecule has 1 aliphatic rings. The maximum absolute atomic E-state index is 11.6. The minimum atomic E-state index is -1.05. The lowest BCUT2D eigenvalue weighted by Crippen LogP contribution is -2.55. The number of aliphatic carboxylic acids is 1. The molecular formula is C12H12N2O6. The van der Waals surface area contributed by atoms with Crippen molar-refractivity contribution in [3.05, 3.63) is 39.9 Å². The molecule has 0 aromatic heterocycles. The first-order valence-corrected chi connectivity index (χ1v) is 5.88. The lowest BCUT2D eigenvalue weighted by atomic mass is 10.1. The normalized spacial score (nSPS) is 17.2. The SMILES string of the molecule is O=C(O)[C@@H]1CCN1C(=O)OCc1ccc([N+](=O)[O-])cc1. The Kier molecular flexibility index (Phi) is 3.83. The number of rotatable bonds is 4. The molecule has 20 heavy (non-hydrogen) atoms. The van der Waals surface area contributed by atoms with Crippen LogP contribution in [0, 0.1) is 10.1 Å². The zero-order valence-corrected chi connectivity index (χ0v) is 10.4. The highest BCUT2D eigenvalue weighted by atomic mass is 16.6. The summed E-state index contributed by atoms with van der Waals surface area (Å²) in [4.78, 5) is 33.5. The number of likely N-dealkylation sites (tertiary alicyclic amines) is 1. The van der Waals surface area contributed by atoms with E-state index in [1.807, 2.05) is 0 Å². The average Bonchev–Trinajstić information content (AvgIpc) is 2.34. The van der Waals surface area contributed by atoms with Crippen LogP contribution >= 0.6 is 0 Å². The highest BCUT2D eigenvalue weighted by molar-refractivity contribution is 5.81. The topological polar surface area (TPSA) is 110 Å². The molecule has 1 aromatic rings. The van der Waals surface area contributed by atoms with Gasteiger partial charge in [0.25, 0.3) is 5.69 Å². The van der Waals surface area contributed by atoms with Crippen molar-refractivity contribution in [2.75, 3.05) is 6.54 Å². The summed E-state index contributed by atoms with van der Waals surface area (Å²) in [5, 5.41) is 19.3. The quantitative estimate of drug-likeness (QED) is 0.659. The fourth-order valence-electron chi connectivity index (χ4n) is 1.80. The first-order valence-electron chi connectivity index (χ1n) is 5.88. The van der Waals surface area contributed by atoms with Gasteiger partial charge in [-0.2, -0.15) is 0 Å². The van der Waals surface area contributed by atoms with Crippen LogP contribution < -0.4 is 0 Å². The second kappa shape index (κ2) is 5.55. The Labute approximate surface area is 113 Å². The summed E-state index contributed by atoms with van der Waals surface area (Å²) >= 11 is 0. The Hall–Kier alpha value is -2.64. The minimum Gasteiger partial charge on any atom is -0.480 e. The van der Waals surface area contributed by atoms with Crippen LogP contribution in [0.5, 0.6) is 0 Å². The van der Waals surface area contributed by atoms with E-state index in [1.165, 1.54) is 24.3 Å². The third kappa shape index (κ3) is 2.85. The summed E-state index contributed by atoms with van der Waals surface area (Å²) in [7, 11) is 0. The number of carboxylic acids is 1. The van der Waals surface area contributed by atoms with E-state index in [9.17, 15) is 19.7 Å². The predicted octanol–water partition coefficient (Wildman–Crippen LogP) is 1.39. The first-order chi connectivity index (χ1) is 9.49. The van der Waals surface area contributed by atoms with Gasteiger partial charge in [0.15, 0.2) is 0 Å². The standard InChI is InChI=1S/C12H12N2O6/c15-11(16)10-5-6-13(10)12(17)20-7-8-1-3-9(4-2-8)14(18)19/h1-4,10H,5-7H2,(H,15,16)/t10-/m0/s1. The van der Waals surface area contributed by atoms with Crippen molar-refractivity contribution in [1.29, 1.82) is 0 Å². The molecule has 1 heterocycles. The Bertz CT molecular complexity index is 541. The van der Waals surface area contributed by atoms with Crippen LogP contribution in [-0.2, 0) is 16.1 Å². The largest absolute Gasteiger partial charge is 0.480 e. The Morgan fingerprint density at radius 1 is 1.40 bits per heavy atom. The van der Waals surface area contributed by atoms with Crippen LogP contribution in [0.15, 0.2) is 24.3 Å². The molecule has 1 aromatic carbocycles. The van der Waals surface area contributed by atoms with Crippen molar-refractivity contribution >= 4 is 17.7 Å². The van der Waals surface area contributed by atoms with Gasteiger partial charge in [-0.1, -0.05) is 0 Å². The third-order valence-electron chi connectivity index (χ3n) is 3.05. The fraction of sp³-hybridized carbons (Fsp3) is 0.333. The van der Waals surface area contributed by atoms with Gasteiger partial charge in [-0.25, -0.2) is 9.59 Å². The zero-order valence-electron chi connectivity index (χ0n) is 10.4. The molecule has 0 radical (unpaired) electrons. The molecule has 1 amide bonds. The molecule has 0 saturated carbocycles. The molecule has 0 aliphatic carbocycles. The van der Waals surface area contributed by atoms with Crippen molar-refractivity contribution in [1.82, 2.24) is 4.90 Å². The van der Waals surface area contributed by atoms with Gasteiger partial charge >= 0.3 is 12.1 Å². The number of hydrogen-bond acceptors (Lipinski definition) is 5. The van der Waals surface area contributed by atoms with Crippen LogP contribution in [0.25, 0.3) is 0 Å². The lowest BCUT2D eigenvalue weighted by Gasteiger charge is -2.36. The number of nitrogens with zero attached hydrogens (tertiary/aromatic N) is 2. The number of nitro benzene ring substituents is 1. The fourth-order valence-corrected chi connectivity index (χ4v) is 1.80. The van der Waals surface area contributed by atoms with Crippen LogP contribution in [0.1, 0.15) is 12.0 Å². The maximum Gasteiger partial charge on any atom is 0.410 e. The smallest absolute Gasteiger partial charge is 0.410 e. The van der Waals surface area contributed by atoms with E-state index < -0.39 is 23.0 Å². The van der Waals surface area contributed by atoms with Gasteiger partial charge in [0, 0.05) is 18.7 Å². The van der Waals surface area contributed by atoms with Gasteiger partial charge < -0.3 is 9.84 Å². The van der Waals surface area contributed by atoms with Crippen LogP contribution in [0.3, 0.4) is 0 Å². The maximum atomic E-state index is 11.6. The molecule has 0 bridgehead atoms. The van der Waals surface area contributed by atoms with E-state index in [0.717, 1.165) is 4.90 Å². The number of carbonyl (C=O) groups is 2. The van der Waals surface area contributed by atoms with E-state index >= 15 is 0 Å². The van der Waals surface area contributed by atoms with E-state index in [1.54, 1.807) is 0 Å². The number of non-ortho nitro benzene ring substituents is 1. The van der Waals surface area contributed by atoms with Crippen molar-refractivity contribution in [2.45, 2.75) is 19.1 Å². The van der Waals surface area contributed by atoms with Gasteiger partial charge in [-0.15, -0.1) is 0 Å². The Balaban J connectivity index is 1.87. The van der Waals surface area contributed by atoms with E-state index in [2.05, 4.69) is 0 Å². The molecule has 8 nitrogen and oxygen atoms in total. The number of carbonyl (C=O) groups excluding carboxylic acids is 1. The molecule has 1 saturated heterocycles. The molecule has 0 unspecified atom stereocenters. The first kappa shape index (κ1) is 13.8.